The van der Waals surface area contributed by atoms with Gasteiger partial charge < -0.3 is 15.1 Å². The Hall–Kier alpha value is -2.22. The van der Waals surface area contributed by atoms with Crippen molar-refractivity contribution >= 4 is 27.5 Å². The molecular weight excluding hydrogens is 370 g/mol. The lowest BCUT2D eigenvalue weighted by molar-refractivity contribution is -1.00. The molecule has 1 aliphatic heterocycles. The second kappa shape index (κ2) is 8.43. The highest BCUT2D eigenvalue weighted by atomic mass is 32.1. The predicted octanol–water partition coefficient (Wildman–Crippen LogP) is -0.0715. The van der Waals surface area contributed by atoms with Crippen molar-refractivity contribution in [3.63, 3.8) is 0 Å². The third-order valence-electron chi connectivity index (χ3n) is 5.57. The van der Waals surface area contributed by atoms with Gasteiger partial charge in [-0.15, -0.1) is 11.3 Å². The van der Waals surface area contributed by atoms with Gasteiger partial charge in [0.1, 0.15) is 31.0 Å². The van der Waals surface area contributed by atoms with Gasteiger partial charge in [0.15, 0.2) is 0 Å². The van der Waals surface area contributed by atoms with Gasteiger partial charge in [0.2, 0.25) is 0 Å². The number of para-hydroxylation sites is 1. The number of aromatic nitrogens is 2. The molecule has 3 aromatic rings. The second-order valence-electron chi connectivity index (χ2n) is 7.73. The fourth-order valence-electron chi connectivity index (χ4n) is 3.81. The third kappa shape index (κ3) is 4.11. The average Bonchev–Trinajstić information content (AvgIpc) is 3.28. The van der Waals surface area contributed by atoms with E-state index in [9.17, 15) is 4.79 Å². The molecule has 1 saturated heterocycles. The second-order valence-corrected chi connectivity index (χ2v) is 8.76. The summed E-state index contributed by atoms with van der Waals surface area (Å²) in [7, 11) is 2.26. The van der Waals surface area contributed by atoms with Crippen molar-refractivity contribution in [1.29, 1.82) is 0 Å². The largest absolute Gasteiger partial charge is 0.351 e. The molecule has 1 aromatic carbocycles. The van der Waals surface area contributed by atoms with Crippen molar-refractivity contribution in [2.24, 2.45) is 0 Å². The van der Waals surface area contributed by atoms with E-state index in [0.29, 0.717) is 0 Å². The maximum Gasteiger partial charge on any atom is 0.261 e. The lowest BCUT2D eigenvalue weighted by Crippen LogP contribution is -3.27. The molecule has 0 unspecified atom stereocenters. The molecule has 0 bridgehead atoms. The summed E-state index contributed by atoms with van der Waals surface area (Å²) in [5.74, 6) is 0.0260. The SMILES string of the molecule is Cc1nn(-c2ccccc2)c2sc(C(=O)NCCC[NH+]3CC[NH+](C)CC3)cc12. The maximum absolute atomic E-state index is 12.6. The van der Waals surface area contributed by atoms with Gasteiger partial charge in [-0.05, 0) is 25.1 Å². The molecule has 6 nitrogen and oxygen atoms in total. The predicted molar refractivity (Wildman–Crippen MR) is 113 cm³/mol. The Morgan fingerprint density at radius 3 is 2.71 bits per heavy atom. The molecule has 4 rings (SSSR count). The first-order valence-corrected chi connectivity index (χ1v) is 10.9. The van der Waals surface area contributed by atoms with Crippen LogP contribution in [0.4, 0.5) is 0 Å². The standard InChI is InChI=1S/C21H27N5OS/c1-16-18-15-19(28-21(18)26(23-16)17-7-4-3-5-8-17)20(27)22-9-6-10-25-13-11-24(2)12-14-25/h3-5,7-8,15H,6,9-14H2,1-2H3,(H,22,27)/p+2. The number of hydrogen-bond donors (Lipinski definition) is 3. The van der Waals surface area contributed by atoms with Gasteiger partial charge in [-0.1, -0.05) is 18.2 Å². The smallest absolute Gasteiger partial charge is 0.261 e. The minimum atomic E-state index is 0.0260. The van der Waals surface area contributed by atoms with Crippen LogP contribution >= 0.6 is 11.3 Å². The van der Waals surface area contributed by atoms with Gasteiger partial charge in [0.05, 0.1) is 29.9 Å². The zero-order chi connectivity index (χ0) is 19.5. The molecule has 3 N–H and O–H groups in total. The first-order valence-electron chi connectivity index (χ1n) is 10.1. The summed E-state index contributed by atoms with van der Waals surface area (Å²) in [4.78, 5) is 17.7. The van der Waals surface area contributed by atoms with Crippen LogP contribution in [0, 0.1) is 6.92 Å². The molecule has 0 radical (unpaired) electrons. The van der Waals surface area contributed by atoms with E-state index < -0.39 is 0 Å². The van der Waals surface area contributed by atoms with Crippen molar-refractivity contribution in [2.45, 2.75) is 13.3 Å². The summed E-state index contributed by atoms with van der Waals surface area (Å²) in [6.45, 7) is 8.86. The Kier molecular flexibility index (Phi) is 5.75. The minimum absolute atomic E-state index is 0.0260. The van der Waals surface area contributed by atoms with E-state index in [-0.39, 0.29) is 5.91 Å². The molecule has 1 amide bonds. The molecule has 0 aliphatic carbocycles. The van der Waals surface area contributed by atoms with Crippen LogP contribution < -0.4 is 15.1 Å². The van der Waals surface area contributed by atoms with Crippen molar-refractivity contribution in [1.82, 2.24) is 15.1 Å². The van der Waals surface area contributed by atoms with Gasteiger partial charge >= 0.3 is 0 Å². The van der Waals surface area contributed by atoms with Gasteiger partial charge in [0, 0.05) is 18.4 Å². The van der Waals surface area contributed by atoms with Gasteiger partial charge in [-0.2, -0.15) is 5.10 Å². The van der Waals surface area contributed by atoms with Crippen LogP contribution in [-0.2, 0) is 0 Å². The Morgan fingerprint density at radius 1 is 1.21 bits per heavy atom. The lowest BCUT2D eigenvalue weighted by Gasteiger charge is -2.27. The van der Waals surface area contributed by atoms with E-state index >= 15 is 0 Å². The molecule has 1 fully saturated rings. The fraction of sp³-hybridized carbons (Fsp3) is 0.429. The summed E-state index contributed by atoms with van der Waals surface area (Å²) in [6, 6.07) is 12.0. The van der Waals surface area contributed by atoms with Crippen molar-refractivity contribution < 1.29 is 14.6 Å². The minimum Gasteiger partial charge on any atom is -0.351 e. The average molecular weight is 400 g/mol. The topological polar surface area (TPSA) is 55.8 Å². The highest BCUT2D eigenvalue weighted by Gasteiger charge is 2.20. The van der Waals surface area contributed by atoms with Crippen molar-refractivity contribution in [3.8, 4) is 5.69 Å². The molecule has 0 spiro atoms. The number of amides is 1. The molecule has 1 aliphatic rings. The number of carbonyl (C=O) groups excluding carboxylic acids is 1. The van der Waals surface area contributed by atoms with Gasteiger partial charge in [-0.3, -0.25) is 4.79 Å². The number of rotatable bonds is 6. The monoisotopic (exact) mass is 399 g/mol. The quantitative estimate of drug-likeness (QED) is 0.508. The van der Waals surface area contributed by atoms with Crippen molar-refractivity contribution in [2.75, 3.05) is 46.3 Å². The Morgan fingerprint density at radius 2 is 1.96 bits per heavy atom. The van der Waals surface area contributed by atoms with Crippen LogP contribution in [0.2, 0.25) is 0 Å². The van der Waals surface area contributed by atoms with E-state index in [1.807, 2.05) is 48.0 Å². The summed E-state index contributed by atoms with van der Waals surface area (Å²) in [5.41, 5.74) is 1.97. The molecule has 28 heavy (non-hydrogen) atoms. The molecule has 2 aromatic heterocycles. The van der Waals surface area contributed by atoms with Crippen LogP contribution in [-0.4, -0.2) is 62.0 Å². The van der Waals surface area contributed by atoms with Crippen LogP contribution in [0.25, 0.3) is 15.9 Å². The number of piperazine rings is 1. The molecule has 0 saturated carbocycles. The molecule has 0 atom stereocenters. The number of nitrogens with zero attached hydrogens (tertiary/aromatic N) is 2. The molecule has 7 heteroatoms. The fourth-order valence-corrected chi connectivity index (χ4v) is 4.91. The normalized spacial score (nSPS) is 19.8. The number of quaternary nitrogens is 2. The van der Waals surface area contributed by atoms with E-state index in [1.165, 1.54) is 37.5 Å². The first-order chi connectivity index (χ1) is 13.6. The summed E-state index contributed by atoms with van der Waals surface area (Å²) in [6.07, 6.45) is 1.03. The highest BCUT2D eigenvalue weighted by Crippen LogP contribution is 2.30. The van der Waals surface area contributed by atoms with E-state index in [2.05, 4.69) is 17.5 Å². The Balaban J connectivity index is 1.37. The van der Waals surface area contributed by atoms with E-state index in [4.69, 9.17) is 0 Å². The number of benzene rings is 1. The van der Waals surface area contributed by atoms with Crippen LogP contribution in [0.1, 0.15) is 21.8 Å². The summed E-state index contributed by atoms with van der Waals surface area (Å²) < 4.78 is 1.94. The number of aryl methyl sites for hydroxylation is 1. The summed E-state index contributed by atoms with van der Waals surface area (Å²) >= 11 is 1.51. The van der Waals surface area contributed by atoms with Crippen LogP contribution in [0.15, 0.2) is 36.4 Å². The van der Waals surface area contributed by atoms with Gasteiger partial charge in [0.25, 0.3) is 5.91 Å². The zero-order valence-electron chi connectivity index (χ0n) is 16.6. The zero-order valence-corrected chi connectivity index (χ0v) is 17.4. The van der Waals surface area contributed by atoms with Gasteiger partial charge in [-0.25, -0.2) is 4.68 Å². The lowest BCUT2D eigenvalue weighted by atomic mass is 10.3. The number of nitrogens with one attached hydrogen (secondary N) is 3. The number of fused-ring (bicyclic) bond motifs is 1. The van der Waals surface area contributed by atoms with E-state index in [0.717, 1.165) is 46.0 Å². The maximum atomic E-state index is 12.6. The number of likely N-dealkylation sites (N-methyl/N-ethyl adjacent to an activating group) is 1. The summed E-state index contributed by atoms with van der Waals surface area (Å²) in [5, 5.41) is 8.80. The Bertz CT molecular complexity index is 941. The van der Waals surface area contributed by atoms with Crippen LogP contribution in [0.5, 0.6) is 0 Å². The van der Waals surface area contributed by atoms with Crippen molar-refractivity contribution in [3.05, 3.63) is 47.0 Å². The molecule has 3 heterocycles. The first kappa shape index (κ1) is 19.1. The van der Waals surface area contributed by atoms with Crippen LogP contribution in [0.3, 0.4) is 0 Å². The molecule has 148 valence electrons. The third-order valence-corrected chi connectivity index (χ3v) is 6.68. The van der Waals surface area contributed by atoms with E-state index in [1.54, 1.807) is 9.80 Å². The molecular formula is C21H29N5OS+2. The number of hydrogen-bond acceptors (Lipinski definition) is 3. The highest BCUT2D eigenvalue weighted by molar-refractivity contribution is 7.20. The number of thiophene rings is 1. The number of carbonyl (C=O) groups is 1. The Labute approximate surface area is 169 Å².